The highest BCUT2D eigenvalue weighted by Gasteiger charge is 2.39. The molecule has 18 heavy (non-hydrogen) atoms. The van der Waals surface area contributed by atoms with E-state index in [1.54, 1.807) is 23.1 Å². The molecule has 1 aromatic heterocycles. The topological polar surface area (TPSA) is 49.3 Å². The number of carbonyl (C=O) groups excluding carboxylic acids is 1. The summed E-state index contributed by atoms with van der Waals surface area (Å²) in [6.45, 7) is 4.06. The SMILES string of the molecule is Cc1ccc(CC(C)NC(=O)C2(O)CCSC2)s1. The van der Waals surface area contributed by atoms with Gasteiger partial charge in [0.15, 0.2) is 5.60 Å². The van der Waals surface area contributed by atoms with Crippen molar-refractivity contribution >= 4 is 29.0 Å². The minimum atomic E-state index is -1.15. The molecule has 2 N–H and O–H groups in total. The molecule has 2 unspecified atom stereocenters. The molecule has 2 atom stereocenters. The Kier molecular flexibility index (Phi) is 4.35. The van der Waals surface area contributed by atoms with Crippen molar-refractivity contribution in [2.45, 2.75) is 38.3 Å². The van der Waals surface area contributed by atoms with Crippen molar-refractivity contribution in [1.82, 2.24) is 5.32 Å². The summed E-state index contributed by atoms with van der Waals surface area (Å²) in [6, 6.07) is 4.25. The maximum absolute atomic E-state index is 12.0. The van der Waals surface area contributed by atoms with E-state index in [9.17, 15) is 9.90 Å². The molecule has 0 aromatic carbocycles. The molecule has 0 saturated carbocycles. The van der Waals surface area contributed by atoms with E-state index in [1.165, 1.54) is 9.75 Å². The van der Waals surface area contributed by atoms with Crippen molar-refractivity contribution in [2.75, 3.05) is 11.5 Å². The number of aliphatic hydroxyl groups is 1. The van der Waals surface area contributed by atoms with Crippen molar-refractivity contribution in [3.05, 3.63) is 21.9 Å². The van der Waals surface area contributed by atoms with E-state index in [0.717, 1.165) is 12.2 Å². The standard InChI is InChI=1S/C13H19NO2S2/c1-9(7-11-4-3-10(2)18-11)14-12(15)13(16)5-6-17-8-13/h3-4,9,16H,5-8H2,1-2H3,(H,14,15). The average Bonchev–Trinajstić information content (AvgIpc) is 2.89. The predicted octanol–water partition coefficient (Wildman–Crippen LogP) is 1.97. The Labute approximate surface area is 116 Å². The lowest BCUT2D eigenvalue weighted by Crippen LogP contribution is -2.50. The zero-order valence-electron chi connectivity index (χ0n) is 10.7. The molecule has 1 amide bonds. The molecule has 5 heteroatoms. The molecule has 0 bridgehead atoms. The Morgan fingerprint density at radius 1 is 1.61 bits per heavy atom. The van der Waals surface area contributed by atoms with Gasteiger partial charge in [-0.05, 0) is 38.2 Å². The fourth-order valence-electron chi connectivity index (χ4n) is 2.04. The lowest BCUT2D eigenvalue weighted by atomic mass is 10.0. The number of thiophene rings is 1. The van der Waals surface area contributed by atoms with Gasteiger partial charge in [0.2, 0.25) is 0 Å². The first-order valence-corrected chi connectivity index (χ1v) is 8.13. The minimum absolute atomic E-state index is 0.0603. The largest absolute Gasteiger partial charge is 0.379 e. The van der Waals surface area contributed by atoms with Gasteiger partial charge in [-0.2, -0.15) is 11.8 Å². The quantitative estimate of drug-likeness (QED) is 0.889. The molecule has 1 aliphatic heterocycles. The van der Waals surface area contributed by atoms with Crippen molar-refractivity contribution < 1.29 is 9.90 Å². The van der Waals surface area contributed by atoms with Gasteiger partial charge < -0.3 is 10.4 Å². The summed E-state index contributed by atoms with van der Waals surface area (Å²) in [5, 5.41) is 13.1. The van der Waals surface area contributed by atoms with Crippen LogP contribution >= 0.6 is 23.1 Å². The molecule has 0 radical (unpaired) electrons. The van der Waals surface area contributed by atoms with Gasteiger partial charge in [0.05, 0.1) is 0 Å². The molecule has 1 saturated heterocycles. The lowest BCUT2D eigenvalue weighted by Gasteiger charge is -2.23. The van der Waals surface area contributed by atoms with Crippen LogP contribution in [0.5, 0.6) is 0 Å². The van der Waals surface area contributed by atoms with Crippen molar-refractivity contribution in [1.29, 1.82) is 0 Å². The number of thioether (sulfide) groups is 1. The number of hydrogen-bond donors (Lipinski definition) is 2. The Morgan fingerprint density at radius 2 is 2.39 bits per heavy atom. The van der Waals surface area contributed by atoms with Crippen molar-refractivity contribution in [2.24, 2.45) is 0 Å². The van der Waals surface area contributed by atoms with E-state index in [2.05, 4.69) is 24.4 Å². The van der Waals surface area contributed by atoms with Crippen LogP contribution in [-0.2, 0) is 11.2 Å². The second-order valence-corrected chi connectivity index (χ2v) is 7.40. The Hall–Kier alpha value is -0.520. The summed E-state index contributed by atoms with van der Waals surface area (Å²) in [4.78, 5) is 14.6. The van der Waals surface area contributed by atoms with E-state index in [-0.39, 0.29) is 11.9 Å². The lowest BCUT2D eigenvalue weighted by molar-refractivity contribution is -0.137. The van der Waals surface area contributed by atoms with Crippen LogP contribution in [-0.4, -0.2) is 34.2 Å². The van der Waals surface area contributed by atoms with Gasteiger partial charge in [-0.1, -0.05) is 0 Å². The van der Waals surface area contributed by atoms with Crippen LogP contribution in [0.3, 0.4) is 0 Å². The van der Waals surface area contributed by atoms with Crippen LogP contribution in [0.25, 0.3) is 0 Å². The summed E-state index contributed by atoms with van der Waals surface area (Å²) >= 11 is 3.39. The highest BCUT2D eigenvalue weighted by Crippen LogP contribution is 2.28. The molecule has 0 spiro atoms. The van der Waals surface area contributed by atoms with Gasteiger partial charge >= 0.3 is 0 Å². The highest BCUT2D eigenvalue weighted by atomic mass is 32.2. The Balaban J connectivity index is 1.87. The second-order valence-electron chi connectivity index (χ2n) is 4.93. The molecule has 0 aliphatic carbocycles. The first-order chi connectivity index (χ1) is 8.49. The summed E-state index contributed by atoms with van der Waals surface area (Å²) in [7, 11) is 0. The van der Waals surface area contributed by atoms with Crippen LogP contribution in [0.2, 0.25) is 0 Å². The summed E-state index contributed by atoms with van der Waals surface area (Å²) in [6.07, 6.45) is 1.39. The van der Waals surface area contributed by atoms with Gasteiger partial charge in [-0.3, -0.25) is 4.79 Å². The zero-order chi connectivity index (χ0) is 13.2. The van der Waals surface area contributed by atoms with Crippen LogP contribution < -0.4 is 5.32 Å². The van der Waals surface area contributed by atoms with Crippen LogP contribution in [0, 0.1) is 6.92 Å². The number of amides is 1. The number of nitrogens with one attached hydrogen (secondary N) is 1. The third kappa shape index (κ3) is 3.28. The van der Waals surface area contributed by atoms with E-state index in [1.807, 2.05) is 6.92 Å². The molecule has 100 valence electrons. The molecular weight excluding hydrogens is 266 g/mol. The predicted molar refractivity (Wildman–Crippen MR) is 77.3 cm³/mol. The summed E-state index contributed by atoms with van der Waals surface area (Å²) < 4.78 is 0. The average molecular weight is 285 g/mol. The molecule has 1 aromatic rings. The number of carbonyl (C=O) groups is 1. The van der Waals surface area contributed by atoms with Crippen LogP contribution in [0.15, 0.2) is 12.1 Å². The third-order valence-electron chi connectivity index (χ3n) is 3.10. The number of hydrogen-bond acceptors (Lipinski definition) is 4. The Morgan fingerprint density at radius 3 is 2.94 bits per heavy atom. The third-order valence-corrected chi connectivity index (χ3v) is 5.30. The van der Waals surface area contributed by atoms with Crippen LogP contribution in [0.4, 0.5) is 0 Å². The fraction of sp³-hybridized carbons (Fsp3) is 0.615. The Bertz CT molecular complexity index is 424. The molecule has 3 nitrogen and oxygen atoms in total. The second kappa shape index (κ2) is 5.63. The zero-order valence-corrected chi connectivity index (χ0v) is 12.4. The normalized spacial score (nSPS) is 25.1. The van der Waals surface area contributed by atoms with Gasteiger partial charge in [-0.25, -0.2) is 0 Å². The smallest absolute Gasteiger partial charge is 0.253 e. The molecule has 2 heterocycles. The fourth-order valence-corrected chi connectivity index (χ4v) is 4.30. The first-order valence-electron chi connectivity index (χ1n) is 6.16. The maximum Gasteiger partial charge on any atom is 0.253 e. The van der Waals surface area contributed by atoms with Gasteiger partial charge in [0.25, 0.3) is 5.91 Å². The highest BCUT2D eigenvalue weighted by molar-refractivity contribution is 7.99. The van der Waals surface area contributed by atoms with E-state index < -0.39 is 5.60 Å². The van der Waals surface area contributed by atoms with Crippen molar-refractivity contribution in [3.63, 3.8) is 0 Å². The van der Waals surface area contributed by atoms with E-state index >= 15 is 0 Å². The minimum Gasteiger partial charge on any atom is -0.379 e. The summed E-state index contributed by atoms with van der Waals surface area (Å²) in [5.74, 6) is 1.17. The molecule has 1 fully saturated rings. The van der Waals surface area contributed by atoms with E-state index in [4.69, 9.17) is 0 Å². The summed E-state index contributed by atoms with van der Waals surface area (Å²) in [5.41, 5.74) is -1.15. The number of aryl methyl sites for hydroxylation is 1. The maximum atomic E-state index is 12.0. The van der Waals surface area contributed by atoms with Gasteiger partial charge in [-0.15, -0.1) is 11.3 Å². The molecule has 2 rings (SSSR count). The van der Waals surface area contributed by atoms with Gasteiger partial charge in [0, 0.05) is 28.0 Å². The number of rotatable bonds is 4. The van der Waals surface area contributed by atoms with Crippen LogP contribution in [0.1, 0.15) is 23.1 Å². The molecular formula is C13H19NO2S2. The first kappa shape index (κ1) is 13.9. The molecule has 1 aliphatic rings. The van der Waals surface area contributed by atoms with Crippen molar-refractivity contribution in [3.8, 4) is 0 Å². The monoisotopic (exact) mass is 285 g/mol. The van der Waals surface area contributed by atoms with E-state index in [0.29, 0.717) is 12.2 Å². The van der Waals surface area contributed by atoms with Gasteiger partial charge in [0.1, 0.15) is 0 Å².